The van der Waals surface area contributed by atoms with Crippen LogP contribution in [0.15, 0.2) is 48.5 Å². The maximum Gasteiger partial charge on any atom is 0.408 e. The fourth-order valence-corrected chi connectivity index (χ4v) is 4.47. The summed E-state index contributed by atoms with van der Waals surface area (Å²) in [6, 6.07) is 12.2. The van der Waals surface area contributed by atoms with E-state index in [2.05, 4.69) is 16.7 Å². The second kappa shape index (κ2) is 15.5. The summed E-state index contributed by atoms with van der Waals surface area (Å²) in [5.41, 5.74) is -0.152. The normalized spacial score (nSPS) is 14.1. The zero-order chi connectivity index (χ0) is 34.1. The Morgan fingerprint density at radius 2 is 1.56 bits per heavy atom. The lowest BCUT2D eigenvalue weighted by Crippen LogP contribution is -2.55. The third kappa shape index (κ3) is 11.2. The minimum Gasteiger partial charge on any atom is -0.508 e. The second-order valence-corrected chi connectivity index (χ2v) is 13.1. The van der Waals surface area contributed by atoms with Crippen LogP contribution in [0.3, 0.4) is 0 Å². The van der Waals surface area contributed by atoms with Gasteiger partial charge in [0.1, 0.15) is 35.1 Å². The molecule has 10 heteroatoms. The number of nitrogens with zero attached hydrogens (tertiary/aromatic N) is 1. The Balaban J connectivity index is 2.59. The van der Waals surface area contributed by atoms with Crippen molar-refractivity contribution in [1.82, 2.24) is 15.5 Å². The first kappa shape index (κ1) is 36.7. The zero-order valence-corrected chi connectivity index (χ0v) is 27.8. The quantitative estimate of drug-likeness (QED) is 0.179. The number of aromatic hydroxyl groups is 1. The number of rotatable bonds is 11. The number of esters is 1. The summed E-state index contributed by atoms with van der Waals surface area (Å²) in [6.45, 7) is 15.5. The van der Waals surface area contributed by atoms with Gasteiger partial charge in [-0.15, -0.1) is 0 Å². The highest BCUT2D eigenvalue weighted by Crippen LogP contribution is 2.28. The van der Waals surface area contributed by atoms with Gasteiger partial charge in [0.25, 0.3) is 5.91 Å². The SMILES string of the molecule is C#CN(C(=O)C(NC(=O)OC(C)(C)C)C(C)CC)C(C(=O)NC(Cc1ccccc1)C(=O)OC(C)(C)C)c1ccc(O)c(C)c1. The highest BCUT2D eigenvalue weighted by molar-refractivity contribution is 5.95. The van der Waals surface area contributed by atoms with Crippen LogP contribution in [-0.4, -0.2) is 57.2 Å². The van der Waals surface area contributed by atoms with Gasteiger partial charge in [0.05, 0.1) is 0 Å². The number of amides is 3. The number of hydrogen-bond donors (Lipinski definition) is 3. The number of ether oxygens (including phenoxy) is 2. The molecule has 2 rings (SSSR count). The predicted molar refractivity (Wildman–Crippen MR) is 172 cm³/mol. The van der Waals surface area contributed by atoms with Crippen molar-refractivity contribution in [1.29, 1.82) is 0 Å². The first-order valence-corrected chi connectivity index (χ1v) is 15.0. The maximum atomic E-state index is 14.2. The summed E-state index contributed by atoms with van der Waals surface area (Å²) in [6.07, 6.45) is 5.72. The Bertz CT molecular complexity index is 1390. The van der Waals surface area contributed by atoms with Crippen molar-refractivity contribution in [3.8, 4) is 18.2 Å². The number of alkyl carbamates (subject to hydrolysis) is 1. The van der Waals surface area contributed by atoms with Crippen LogP contribution in [0.4, 0.5) is 4.79 Å². The van der Waals surface area contributed by atoms with E-state index in [0.29, 0.717) is 12.0 Å². The lowest BCUT2D eigenvalue weighted by molar-refractivity contribution is -0.159. The lowest BCUT2D eigenvalue weighted by atomic mass is 9.95. The van der Waals surface area contributed by atoms with Crippen molar-refractivity contribution in [2.45, 2.75) is 104 Å². The molecule has 0 heterocycles. The van der Waals surface area contributed by atoms with E-state index in [9.17, 15) is 24.3 Å². The van der Waals surface area contributed by atoms with Crippen LogP contribution in [0, 0.1) is 25.3 Å². The van der Waals surface area contributed by atoms with Gasteiger partial charge in [0, 0.05) is 12.5 Å². The molecule has 0 aliphatic carbocycles. The van der Waals surface area contributed by atoms with Gasteiger partial charge in [-0.05, 0) is 83.2 Å². The molecule has 10 nitrogen and oxygen atoms in total. The molecular weight excluding hydrogens is 574 g/mol. The fourth-order valence-electron chi connectivity index (χ4n) is 4.47. The Labute approximate surface area is 266 Å². The van der Waals surface area contributed by atoms with E-state index in [0.717, 1.165) is 10.5 Å². The molecule has 244 valence electrons. The number of benzene rings is 2. The van der Waals surface area contributed by atoms with Crippen LogP contribution in [0.25, 0.3) is 0 Å². The minimum absolute atomic E-state index is 0.0173. The summed E-state index contributed by atoms with van der Waals surface area (Å²) in [5.74, 6) is -2.54. The van der Waals surface area contributed by atoms with Crippen molar-refractivity contribution in [3.63, 3.8) is 0 Å². The second-order valence-electron chi connectivity index (χ2n) is 13.1. The van der Waals surface area contributed by atoms with Crippen LogP contribution in [0.2, 0.25) is 0 Å². The first-order valence-electron chi connectivity index (χ1n) is 15.0. The van der Waals surface area contributed by atoms with E-state index >= 15 is 0 Å². The minimum atomic E-state index is -1.44. The van der Waals surface area contributed by atoms with Gasteiger partial charge in [-0.2, -0.15) is 0 Å². The van der Waals surface area contributed by atoms with Crippen molar-refractivity contribution >= 4 is 23.9 Å². The van der Waals surface area contributed by atoms with Gasteiger partial charge in [-0.3, -0.25) is 14.5 Å². The first-order chi connectivity index (χ1) is 20.9. The van der Waals surface area contributed by atoms with Gasteiger partial charge in [-0.25, -0.2) is 9.59 Å². The van der Waals surface area contributed by atoms with Gasteiger partial charge >= 0.3 is 12.1 Å². The molecule has 0 radical (unpaired) electrons. The molecule has 0 saturated carbocycles. The largest absolute Gasteiger partial charge is 0.508 e. The molecule has 4 atom stereocenters. The number of terminal acetylenes is 1. The van der Waals surface area contributed by atoms with Gasteiger partial charge in [0.15, 0.2) is 0 Å². The molecule has 0 bridgehead atoms. The van der Waals surface area contributed by atoms with Crippen molar-refractivity contribution in [3.05, 3.63) is 65.2 Å². The number of nitrogens with one attached hydrogen (secondary N) is 2. The molecule has 4 unspecified atom stereocenters. The summed E-state index contributed by atoms with van der Waals surface area (Å²) < 4.78 is 11.0. The van der Waals surface area contributed by atoms with E-state index in [-0.39, 0.29) is 17.7 Å². The topological polar surface area (TPSA) is 134 Å². The Kier molecular flexibility index (Phi) is 12.6. The standard InChI is InChI=1S/C35H47N3O7/c1-11-22(3)28(37-33(43)45-35(8,9)10)31(41)38(12-2)29(25-18-19-27(39)23(4)20-25)30(40)36-26(32(42)44-34(5,6)7)21-24-16-14-13-15-17-24/h2,13-20,22,26,28-29,39H,11,21H2,1,3-10H3,(H,36,40)(H,37,43). The summed E-state index contributed by atoms with van der Waals surface area (Å²) in [5, 5.41) is 15.6. The molecule has 0 aromatic heterocycles. The zero-order valence-electron chi connectivity index (χ0n) is 27.8. The third-order valence-corrected chi connectivity index (χ3v) is 6.86. The van der Waals surface area contributed by atoms with E-state index in [4.69, 9.17) is 15.9 Å². The number of carbonyl (C=O) groups is 4. The Morgan fingerprint density at radius 1 is 0.956 bits per heavy atom. The molecule has 0 fully saturated rings. The van der Waals surface area contributed by atoms with E-state index in [1.165, 1.54) is 18.2 Å². The highest BCUT2D eigenvalue weighted by Gasteiger charge is 2.39. The molecule has 0 aliphatic rings. The maximum absolute atomic E-state index is 14.2. The van der Waals surface area contributed by atoms with Crippen molar-refractivity contribution in [2.75, 3.05) is 0 Å². The van der Waals surface area contributed by atoms with Crippen LogP contribution < -0.4 is 10.6 Å². The fraction of sp³-hybridized carbons (Fsp3) is 0.486. The molecule has 45 heavy (non-hydrogen) atoms. The van der Waals surface area contributed by atoms with Gasteiger partial charge in [0.2, 0.25) is 5.91 Å². The molecule has 0 aliphatic heterocycles. The number of phenolic OH excluding ortho intramolecular Hbond substituents is 1. The van der Waals surface area contributed by atoms with Crippen LogP contribution in [0.5, 0.6) is 5.75 Å². The number of hydrogen-bond acceptors (Lipinski definition) is 7. The van der Waals surface area contributed by atoms with E-state index < -0.39 is 59.1 Å². The summed E-state index contributed by atoms with van der Waals surface area (Å²) in [7, 11) is 0. The van der Waals surface area contributed by atoms with Gasteiger partial charge < -0.3 is 25.2 Å². The van der Waals surface area contributed by atoms with Crippen LogP contribution in [0.1, 0.15) is 84.5 Å². The molecule has 2 aromatic carbocycles. The predicted octanol–water partition coefficient (Wildman–Crippen LogP) is 5.17. The highest BCUT2D eigenvalue weighted by atomic mass is 16.6. The summed E-state index contributed by atoms with van der Waals surface area (Å²) in [4.78, 5) is 55.4. The molecule has 3 N–H and O–H groups in total. The van der Waals surface area contributed by atoms with Crippen molar-refractivity contribution < 1.29 is 33.8 Å². The number of phenols is 1. The average molecular weight is 622 g/mol. The third-order valence-electron chi connectivity index (χ3n) is 6.86. The molecule has 0 spiro atoms. The monoisotopic (exact) mass is 621 g/mol. The van der Waals surface area contributed by atoms with Crippen LogP contribution in [-0.2, 0) is 30.3 Å². The van der Waals surface area contributed by atoms with E-state index in [1.807, 2.05) is 37.3 Å². The molecule has 0 saturated heterocycles. The van der Waals surface area contributed by atoms with Gasteiger partial charge in [-0.1, -0.05) is 63.1 Å². The smallest absolute Gasteiger partial charge is 0.408 e. The summed E-state index contributed by atoms with van der Waals surface area (Å²) >= 11 is 0. The van der Waals surface area contributed by atoms with E-state index in [1.54, 1.807) is 55.4 Å². The molecule has 3 amide bonds. The van der Waals surface area contributed by atoms with Crippen LogP contribution >= 0.6 is 0 Å². The number of carbonyl (C=O) groups excluding carboxylic acids is 4. The molecule has 2 aromatic rings. The number of aryl methyl sites for hydroxylation is 1. The lowest BCUT2D eigenvalue weighted by Gasteiger charge is -2.33. The van der Waals surface area contributed by atoms with Crippen molar-refractivity contribution in [2.24, 2.45) is 5.92 Å². The Morgan fingerprint density at radius 3 is 2.07 bits per heavy atom. The average Bonchev–Trinajstić information content (AvgIpc) is 2.93. The molecular formula is C35H47N3O7. The Hall–Kier alpha value is -4.52.